The van der Waals surface area contributed by atoms with Crippen LogP contribution in [0, 0.1) is 0 Å². The van der Waals surface area contributed by atoms with Gasteiger partial charge in [-0.2, -0.15) is 0 Å². The molecule has 1 aromatic carbocycles. The average molecular weight is 472 g/mol. The Bertz CT molecular complexity index is 1400. The molecule has 0 bridgehead atoms. The summed E-state index contributed by atoms with van der Waals surface area (Å²) in [5.41, 5.74) is 4.68. The van der Waals surface area contributed by atoms with Gasteiger partial charge in [-0.15, -0.1) is 0 Å². The van der Waals surface area contributed by atoms with Gasteiger partial charge in [0, 0.05) is 37.0 Å². The molecule has 34 heavy (non-hydrogen) atoms. The molecule has 170 valence electrons. The van der Waals surface area contributed by atoms with Crippen LogP contribution in [0.15, 0.2) is 79.9 Å². The lowest BCUT2D eigenvalue weighted by Gasteiger charge is -2.13. The van der Waals surface area contributed by atoms with E-state index in [1.807, 2.05) is 23.1 Å². The molecule has 0 spiro atoms. The number of carbonyl (C=O) groups excluding carboxylic acids is 2. The minimum absolute atomic E-state index is 0.0336. The summed E-state index contributed by atoms with van der Waals surface area (Å²) in [6.45, 7) is 4.99. The zero-order valence-corrected chi connectivity index (χ0v) is 19.1. The van der Waals surface area contributed by atoms with Crippen LogP contribution in [0.25, 0.3) is 16.8 Å². The molecule has 1 aliphatic rings. The van der Waals surface area contributed by atoms with E-state index in [1.165, 1.54) is 11.6 Å². The number of likely N-dealkylation sites (tertiary alicyclic amines) is 1. The number of nitrogens with zero attached hydrogens (tertiary/aromatic N) is 4. The van der Waals surface area contributed by atoms with E-state index in [1.54, 1.807) is 43.0 Å². The molecule has 1 saturated heterocycles. The highest BCUT2D eigenvalue weighted by atomic mass is 35.5. The topological polar surface area (TPSA) is 79.6 Å². The van der Waals surface area contributed by atoms with Gasteiger partial charge in [0.05, 0.1) is 22.6 Å². The molecule has 0 radical (unpaired) electrons. The minimum atomic E-state index is -0.285. The standard InChI is InChI=1S/C26H22ClN5O2/c1-2-24(33)31-13-10-19(15-31)20-14-23(32-16-28-12-9-22(20)32)17-5-7-18(8-6-17)26(34)30-25-21(27)4-3-11-29-25/h2-9,11-12,14,16,19H,1,10,13,15H2,(H,29,30,34). The minimum Gasteiger partial charge on any atom is -0.339 e. The van der Waals surface area contributed by atoms with Gasteiger partial charge in [0.1, 0.15) is 0 Å². The maximum Gasteiger partial charge on any atom is 0.256 e. The second-order valence-electron chi connectivity index (χ2n) is 8.16. The summed E-state index contributed by atoms with van der Waals surface area (Å²) < 4.78 is 2.05. The first-order chi connectivity index (χ1) is 16.5. The van der Waals surface area contributed by atoms with Gasteiger partial charge in [0.2, 0.25) is 5.91 Å². The quantitative estimate of drug-likeness (QED) is 0.424. The molecule has 7 nitrogen and oxygen atoms in total. The van der Waals surface area contributed by atoms with E-state index in [2.05, 4.69) is 32.3 Å². The molecule has 1 N–H and O–H groups in total. The molecular formula is C26H22ClN5O2. The number of halogens is 1. The van der Waals surface area contributed by atoms with Crippen LogP contribution in [-0.2, 0) is 4.79 Å². The summed E-state index contributed by atoms with van der Waals surface area (Å²) in [5, 5.41) is 3.12. The molecule has 2 amide bonds. The van der Waals surface area contributed by atoms with Crippen LogP contribution >= 0.6 is 11.6 Å². The molecule has 1 unspecified atom stereocenters. The molecular weight excluding hydrogens is 450 g/mol. The third-order valence-electron chi connectivity index (χ3n) is 6.16. The number of pyridine rings is 1. The summed E-state index contributed by atoms with van der Waals surface area (Å²) in [4.78, 5) is 34.9. The Morgan fingerprint density at radius 3 is 2.74 bits per heavy atom. The second-order valence-corrected chi connectivity index (χ2v) is 8.57. The summed E-state index contributed by atoms with van der Waals surface area (Å²) in [6.07, 6.45) is 7.41. The fourth-order valence-corrected chi connectivity index (χ4v) is 4.59. The normalized spacial score (nSPS) is 15.4. The number of nitrogens with one attached hydrogen (secondary N) is 1. The zero-order chi connectivity index (χ0) is 23.7. The van der Waals surface area contributed by atoms with Gasteiger partial charge in [-0.1, -0.05) is 30.3 Å². The number of amides is 2. The van der Waals surface area contributed by atoms with Crippen LogP contribution in [0.2, 0.25) is 5.02 Å². The molecule has 8 heteroatoms. The highest BCUT2D eigenvalue weighted by molar-refractivity contribution is 6.33. The van der Waals surface area contributed by atoms with Gasteiger partial charge in [-0.05, 0) is 60.0 Å². The smallest absolute Gasteiger partial charge is 0.256 e. The number of carbonyl (C=O) groups is 2. The van der Waals surface area contributed by atoms with E-state index in [4.69, 9.17) is 11.6 Å². The van der Waals surface area contributed by atoms with Crippen molar-refractivity contribution in [2.45, 2.75) is 12.3 Å². The SMILES string of the molecule is C=CC(=O)N1CCC(c2cc(-c3ccc(C(=O)Nc4ncccc4Cl)cc3)n3cnccc23)C1. The lowest BCUT2D eigenvalue weighted by Crippen LogP contribution is -2.26. The summed E-state index contributed by atoms with van der Waals surface area (Å²) in [6, 6.07) is 14.9. The van der Waals surface area contributed by atoms with Crippen molar-refractivity contribution in [2.24, 2.45) is 0 Å². The number of anilines is 1. The van der Waals surface area contributed by atoms with E-state index in [0.717, 1.165) is 29.7 Å². The van der Waals surface area contributed by atoms with Gasteiger partial charge in [0.15, 0.2) is 5.82 Å². The van der Waals surface area contributed by atoms with E-state index in [-0.39, 0.29) is 17.7 Å². The van der Waals surface area contributed by atoms with Crippen molar-refractivity contribution in [3.8, 4) is 11.3 Å². The van der Waals surface area contributed by atoms with Gasteiger partial charge in [-0.3, -0.25) is 9.59 Å². The molecule has 0 saturated carbocycles. The zero-order valence-electron chi connectivity index (χ0n) is 18.3. The maximum atomic E-state index is 12.7. The van der Waals surface area contributed by atoms with Crippen LogP contribution in [0.1, 0.15) is 28.3 Å². The van der Waals surface area contributed by atoms with Gasteiger partial charge >= 0.3 is 0 Å². The van der Waals surface area contributed by atoms with Crippen molar-refractivity contribution in [3.63, 3.8) is 0 Å². The molecule has 0 aliphatic carbocycles. The van der Waals surface area contributed by atoms with Crippen LogP contribution in [0.4, 0.5) is 5.82 Å². The van der Waals surface area contributed by atoms with E-state index >= 15 is 0 Å². The van der Waals surface area contributed by atoms with E-state index in [0.29, 0.717) is 22.9 Å². The van der Waals surface area contributed by atoms with Crippen LogP contribution in [0.5, 0.6) is 0 Å². The predicted octanol–water partition coefficient (Wildman–Crippen LogP) is 4.80. The van der Waals surface area contributed by atoms with Gasteiger partial charge in [0.25, 0.3) is 5.91 Å². The second kappa shape index (κ2) is 9.11. The first kappa shape index (κ1) is 21.9. The number of rotatable bonds is 5. The monoisotopic (exact) mass is 471 g/mol. The number of fused-ring (bicyclic) bond motifs is 1. The Hall–Kier alpha value is -3.97. The highest BCUT2D eigenvalue weighted by Gasteiger charge is 2.28. The van der Waals surface area contributed by atoms with Crippen molar-refractivity contribution < 1.29 is 9.59 Å². The predicted molar refractivity (Wildman–Crippen MR) is 132 cm³/mol. The molecule has 1 aliphatic heterocycles. The molecule has 1 fully saturated rings. The first-order valence-corrected chi connectivity index (χ1v) is 11.3. The Kier molecular flexibility index (Phi) is 5.86. The Morgan fingerprint density at radius 2 is 1.97 bits per heavy atom. The summed E-state index contributed by atoms with van der Waals surface area (Å²) in [5.74, 6) is 0.247. The van der Waals surface area contributed by atoms with Crippen molar-refractivity contribution >= 4 is 34.7 Å². The number of hydrogen-bond donors (Lipinski definition) is 1. The third kappa shape index (κ3) is 4.06. The van der Waals surface area contributed by atoms with Crippen LogP contribution in [-0.4, -0.2) is 44.2 Å². The van der Waals surface area contributed by atoms with Crippen molar-refractivity contribution in [2.75, 3.05) is 18.4 Å². The summed E-state index contributed by atoms with van der Waals surface area (Å²) in [7, 11) is 0. The first-order valence-electron chi connectivity index (χ1n) is 10.9. The lowest BCUT2D eigenvalue weighted by atomic mass is 9.98. The molecule has 3 aromatic heterocycles. The van der Waals surface area contributed by atoms with Crippen molar-refractivity contribution in [1.82, 2.24) is 19.3 Å². The molecule has 5 rings (SSSR count). The third-order valence-corrected chi connectivity index (χ3v) is 6.46. The summed E-state index contributed by atoms with van der Waals surface area (Å²) >= 11 is 6.09. The maximum absolute atomic E-state index is 12.7. The lowest BCUT2D eigenvalue weighted by molar-refractivity contribution is -0.125. The number of benzene rings is 1. The molecule has 1 atom stereocenters. The van der Waals surface area contributed by atoms with E-state index in [9.17, 15) is 9.59 Å². The Morgan fingerprint density at radius 1 is 1.15 bits per heavy atom. The number of hydrogen-bond acceptors (Lipinski definition) is 4. The largest absolute Gasteiger partial charge is 0.339 e. The van der Waals surface area contributed by atoms with Gasteiger partial charge < -0.3 is 14.6 Å². The highest BCUT2D eigenvalue weighted by Crippen LogP contribution is 2.35. The van der Waals surface area contributed by atoms with Crippen LogP contribution < -0.4 is 5.32 Å². The fourth-order valence-electron chi connectivity index (χ4n) is 4.42. The number of aromatic nitrogens is 3. The molecule has 4 aromatic rings. The van der Waals surface area contributed by atoms with Crippen molar-refractivity contribution in [3.05, 3.63) is 96.1 Å². The van der Waals surface area contributed by atoms with Crippen LogP contribution in [0.3, 0.4) is 0 Å². The average Bonchev–Trinajstić information content (AvgIpc) is 3.50. The van der Waals surface area contributed by atoms with Crippen molar-refractivity contribution in [1.29, 1.82) is 0 Å². The van der Waals surface area contributed by atoms with Gasteiger partial charge in [-0.25, -0.2) is 9.97 Å². The fraction of sp³-hybridized carbons (Fsp3) is 0.154. The Balaban J connectivity index is 1.42. The van der Waals surface area contributed by atoms with E-state index < -0.39 is 0 Å². The molecule has 4 heterocycles. The Labute approximate surface area is 201 Å².